The summed E-state index contributed by atoms with van der Waals surface area (Å²) in [7, 11) is 2.10. The predicted molar refractivity (Wildman–Crippen MR) is 94.4 cm³/mol. The second-order valence-corrected chi connectivity index (χ2v) is 7.15. The van der Waals surface area contributed by atoms with Gasteiger partial charge in [0.15, 0.2) is 0 Å². The zero-order valence-electron chi connectivity index (χ0n) is 12.9. The minimum atomic E-state index is 0.650. The SMILES string of the molecule is CC(C)CNCc1cccc(Cl)c1N(C)Cc1cccs1. The van der Waals surface area contributed by atoms with Gasteiger partial charge in [-0.25, -0.2) is 0 Å². The molecule has 0 aliphatic rings. The molecule has 0 aliphatic carbocycles. The standard InChI is InChI=1S/C17H23ClN2S/c1-13(2)10-19-11-14-6-4-8-16(18)17(14)20(3)12-15-7-5-9-21-15/h4-9,13,19H,10-12H2,1-3H3. The number of benzene rings is 1. The zero-order valence-corrected chi connectivity index (χ0v) is 14.5. The largest absolute Gasteiger partial charge is 0.368 e. The van der Waals surface area contributed by atoms with Crippen molar-refractivity contribution in [1.29, 1.82) is 0 Å². The first-order valence-electron chi connectivity index (χ1n) is 7.29. The van der Waals surface area contributed by atoms with Crippen molar-refractivity contribution in [3.05, 3.63) is 51.2 Å². The van der Waals surface area contributed by atoms with Crippen molar-refractivity contribution in [2.45, 2.75) is 26.9 Å². The van der Waals surface area contributed by atoms with Crippen LogP contribution in [-0.4, -0.2) is 13.6 Å². The fourth-order valence-corrected chi connectivity index (χ4v) is 3.44. The molecule has 2 nitrogen and oxygen atoms in total. The van der Waals surface area contributed by atoms with Crippen LogP contribution < -0.4 is 10.2 Å². The molecule has 2 rings (SSSR count). The third-order valence-electron chi connectivity index (χ3n) is 3.29. The lowest BCUT2D eigenvalue weighted by Crippen LogP contribution is -2.23. The van der Waals surface area contributed by atoms with Crippen LogP contribution in [-0.2, 0) is 13.1 Å². The molecule has 0 bridgehead atoms. The number of nitrogens with zero attached hydrogens (tertiary/aromatic N) is 1. The summed E-state index contributed by atoms with van der Waals surface area (Å²) in [6.07, 6.45) is 0. The number of rotatable bonds is 7. The quantitative estimate of drug-likeness (QED) is 0.789. The third kappa shape index (κ3) is 4.73. The fraction of sp³-hybridized carbons (Fsp3) is 0.412. The first-order chi connectivity index (χ1) is 10.1. The number of para-hydroxylation sites is 1. The topological polar surface area (TPSA) is 15.3 Å². The molecular weight excluding hydrogens is 300 g/mol. The van der Waals surface area contributed by atoms with E-state index >= 15 is 0 Å². The van der Waals surface area contributed by atoms with Crippen molar-refractivity contribution < 1.29 is 0 Å². The molecule has 1 aromatic heterocycles. The van der Waals surface area contributed by atoms with Crippen LogP contribution in [0.3, 0.4) is 0 Å². The molecule has 114 valence electrons. The van der Waals surface area contributed by atoms with Gasteiger partial charge in [0, 0.05) is 18.5 Å². The lowest BCUT2D eigenvalue weighted by molar-refractivity contribution is 0.552. The lowest BCUT2D eigenvalue weighted by Gasteiger charge is -2.23. The van der Waals surface area contributed by atoms with Crippen LogP contribution in [0.1, 0.15) is 24.3 Å². The Hall–Kier alpha value is -1.03. The monoisotopic (exact) mass is 322 g/mol. The average molecular weight is 323 g/mol. The van der Waals surface area contributed by atoms with Gasteiger partial charge in [-0.1, -0.05) is 43.6 Å². The first kappa shape index (κ1) is 16.3. The maximum Gasteiger partial charge on any atom is 0.0642 e. The third-order valence-corrected chi connectivity index (χ3v) is 4.46. The molecule has 0 amide bonds. The molecule has 0 fully saturated rings. The number of nitrogens with one attached hydrogen (secondary N) is 1. The van der Waals surface area contributed by atoms with Crippen molar-refractivity contribution in [3.8, 4) is 0 Å². The van der Waals surface area contributed by atoms with Crippen molar-refractivity contribution >= 4 is 28.6 Å². The molecule has 0 unspecified atom stereocenters. The van der Waals surface area contributed by atoms with E-state index in [2.05, 4.69) is 54.7 Å². The highest BCUT2D eigenvalue weighted by Gasteiger charge is 2.12. The molecule has 0 atom stereocenters. The van der Waals surface area contributed by atoms with Crippen LogP contribution >= 0.6 is 22.9 Å². The number of anilines is 1. The minimum absolute atomic E-state index is 0.650. The van der Waals surface area contributed by atoms with Gasteiger partial charge in [0.25, 0.3) is 0 Å². The number of hydrogen-bond acceptors (Lipinski definition) is 3. The number of hydrogen-bond donors (Lipinski definition) is 1. The average Bonchev–Trinajstić information content (AvgIpc) is 2.91. The molecular formula is C17H23ClN2S. The molecule has 0 saturated carbocycles. The maximum absolute atomic E-state index is 6.44. The second-order valence-electron chi connectivity index (χ2n) is 5.71. The van der Waals surface area contributed by atoms with Crippen LogP contribution in [0.15, 0.2) is 35.7 Å². The molecule has 0 spiro atoms. The molecule has 1 N–H and O–H groups in total. The molecule has 0 radical (unpaired) electrons. The van der Waals surface area contributed by atoms with E-state index in [9.17, 15) is 0 Å². The van der Waals surface area contributed by atoms with Crippen LogP contribution in [0.2, 0.25) is 5.02 Å². The van der Waals surface area contributed by atoms with E-state index in [-0.39, 0.29) is 0 Å². The van der Waals surface area contributed by atoms with E-state index < -0.39 is 0 Å². The summed E-state index contributed by atoms with van der Waals surface area (Å²) in [6, 6.07) is 10.4. The fourth-order valence-electron chi connectivity index (χ4n) is 2.34. The predicted octanol–water partition coefficient (Wildman–Crippen LogP) is 4.78. The molecule has 2 aromatic rings. The highest BCUT2D eigenvalue weighted by Crippen LogP contribution is 2.30. The van der Waals surface area contributed by atoms with Gasteiger partial charge in [0.05, 0.1) is 17.3 Å². The summed E-state index contributed by atoms with van der Waals surface area (Å²) < 4.78 is 0. The van der Waals surface area contributed by atoms with E-state index in [0.717, 1.165) is 30.3 Å². The van der Waals surface area contributed by atoms with Gasteiger partial charge in [-0.3, -0.25) is 0 Å². The van der Waals surface area contributed by atoms with Crippen molar-refractivity contribution in [1.82, 2.24) is 5.32 Å². The number of halogens is 1. The van der Waals surface area contributed by atoms with E-state index in [4.69, 9.17) is 11.6 Å². The van der Waals surface area contributed by atoms with Crippen molar-refractivity contribution in [2.24, 2.45) is 5.92 Å². The van der Waals surface area contributed by atoms with Gasteiger partial charge in [-0.2, -0.15) is 0 Å². The first-order valence-corrected chi connectivity index (χ1v) is 8.55. The van der Waals surface area contributed by atoms with Crippen LogP contribution in [0.5, 0.6) is 0 Å². The Labute approximate surface area is 136 Å². The summed E-state index contributed by atoms with van der Waals surface area (Å²) >= 11 is 8.22. The Bertz CT molecular complexity index is 552. The summed E-state index contributed by atoms with van der Waals surface area (Å²) in [6.45, 7) is 7.19. The minimum Gasteiger partial charge on any atom is -0.368 e. The van der Waals surface area contributed by atoms with Gasteiger partial charge < -0.3 is 10.2 Å². The summed E-state index contributed by atoms with van der Waals surface area (Å²) in [5, 5.41) is 6.43. The van der Waals surface area contributed by atoms with Gasteiger partial charge in [-0.15, -0.1) is 11.3 Å². The Morgan fingerprint density at radius 3 is 2.71 bits per heavy atom. The van der Waals surface area contributed by atoms with Gasteiger partial charge in [-0.05, 0) is 35.5 Å². The number of thiophene rings is 1. The van der Waals surface area contributed by atoms with Crippen LogP contribution in [0, 0.1) is 5.92 Å². The summed E-state index contributed by atoms with van der Waals surface area (Å²) in [5.41, 5.74) is 2.38. The normalized spacial score (nSPS) is 11.1. The Morgan fingerprint density at radius 2 is 2.05 bits per heavy atom. The van der Waals surface area contributed by atoms with Crippen molar-refractivity contribution in [3.63, 3.8) is 0 Å². The Kier molecular flexibility index (Phi) is 6.09. The molecule has 1 aromatic carbocycles. The van der Waals surface area contributed by atoms with Crippen LogP contribution in [0.4, 0.5) is 5.69 Å². The second kappa shape index (κ2) is 7.83. The zero-order chi connectivity index (χ0) is 15.2. The van der Waals surface area contributed by atoms with Gasteiger partial charge >= 0.3 is 0 Å². The van der Waals surface area contributed by atoms with Gasteiger partial charge in [0.2, 0.25) is 0 Å². The van der Waals surface area contributed by atoms with Crippen molar-refractivity contribution in [2.75, 3.05) is 18.5 Å². The lowest BCUT2D eigenvalue weighted by atomic mass is 10.1. The summed E-state index contributed by atoms with van der Waals surface area (Å²) in [4.78, 5) is 3.58. The van der Waals surface area contributed by atoms with E-state index in [1.165, 1.54) is 10.4 Å². The Balaban J connectivity index is 2.12. The van der Waals surface area contributed by atoms with E-state index in [0.29, 0.717) is 5.92 Å². The van der Waals surface area contributed by atoms with Crippen LogP contribution in [0.25, 0.3) is 0 Å². The molecule has 21 heavy (non-hydrogen) atoms. The smallest absolute Gasteiger partial charge is 0.0642 e. The highest BCUT2D eigenvalue weighted by molar-refractivity contribution is 7.09. The molecule has 4 heteroatoms. The summed E-state index contributed by atoms with van der Waals surface area (Å²) in [5.74, 6) is 0.650. The van der Waals surface area contributed by atoms with E-state index in [1.807, 2.05) is 12.1 Å². The van der Waals surface area contributed by atoms with Gasteiger partial charge in [0.1, 0.15) is 0 Å². The maximum atomic E-state index is 6.44. The molecule has 0 aliphatic heterocycles. The molecule has 0 saturated heterocycles. The van der Waals surface area contributed by atoms with E-state index in [1.54, 1.807) is 11.3 Å². The molecule has 1 heterocycles. The highest BCUT2D eigenvalue weighted by atomic mass is 35.5. The Morgan fingerprint density at radius 1 is 1.24 bits per heavy atom.